The zero-order chi connectivity index (χ0) is 26.5. The topological polar surface area (TPSA) is 55.8 Å². The molecule has 0 radical (unpaired) electrons. The molecular formula is C32H35BrO4S. The Morgan fingerprint density at radius 1 is 1.03 bits per heavy atom. The maximum Gasteiger partial charge on any atom is 0.313 e. The van der Waals surface area contributed by atoms with Crippen LogP contribution in [0.5, 0.6) is 0 Å². The highest BCUT2D eigenvalue weighted by molar-refractivity contribution is 9.10. The van der Waals surface area contributed by atoms with Crippen molar-refractivity contribution in [2.45, 2.75) is 72.9 Å². The molecule has 2 aliphatic carbocycles. The highest BCUT2D eigenvalue weighted by Gasteiger charge is 2.42. The first-order valence-electron chi connectivity index (χ1n) is 13.5. The largest absolute Gasteiger partial charge is 0.469 e. The van der Waals surface area contributed by atoms with Crippen molar-refractivity contribution >= 4 is 33.7 Å². The second-order valence-electron chi connectivity index (χ2n) is 10.6. The van der Waals surface area contributed by atoms with Gasteiger partial charge in [-0.1, -0.05) is 66.7 Å². The lowest BCUT2D eigenvalue weighted by molar-refractivity contribution is -0.229. The predicted molar refractivity (Wildman–Crippen MR) is 155 cm³/mol. The lowest BCUT2D eigenvalue weighted by Crippen LogP contribution is -2.32. The molecule has 0 heterocycles. The fourth-order valence-electron chi connectivity index (χ4n) is 5.42. The molecule has 4 nitrogen and oxygen atoms in total. The quantitative estimate of drug-likeness (QED) is 0.181. The first-order chi connectivity index (χ1) is 18.4. The smallest absolute Gasteiger partial charge is 0.313 e. The molecule has 3 aromatic carbocycles. The summed E-state index contributed by atoms with van der Waals surface area (Å²) in [6.45, 7) is 0. The van der Waals surface area contributed by atoms with E-state index in [2.05, 4.69) is 58.4 Å². The van der Waals surface area contributed by atoms with Gasteiger partial charge in [-0.25, -0.2) is 0 Å². The van der Waals surface area contributed by atoms with Gasteiger partial charge in [0.05, 0.1) is 19.1 Å². The minimum atomic E-state index is -1.23. The minimum absolute atomic E-state index is 0.150. The van der Waals surface area contributed by atoms with E-state index in [1.165, 1.54) is 30.4 Å². The van der Waals surface area contributed by atoms with Crippen LogP contribution in [-0.2, 0) is 20.7 Å². The molecule has 2 fully saturated rings. The molecule has 5 rings (SSSR count). The normalized spacial score (nSPS) is 22.7. The zero-order valence-corrected chi connectivity index (χ0v) is 24.1. The van der Waals surface area contributed by atoms with Crippen LogP contribution >= 0.6 is 27.7 Å². The number of benzene rings is 3. The molecule has 0 aliphatic heterocycles. The lowest BCUT2D eigenvalue weighted by atomic mass is 9.87. The van der Waals surface area contributed by atoms with Gasteiger partial charge in [0.2, 0.25) is 0 Å². The van der Waals surface area contributed by atoms with E-state index in [-0.39, 0.29) is 23.9 Å². The van der Waals surface area contributed by atoms with E-state index >= 15 is 0 Å². The number of ether oxygens (including phenoxy) is 2. The van der Waals surface area contributed by atoms with Gasteiger partial charge in [0.25, 0.3) is 0 Å². The Bertz CT molecular complexity index is 1220. The average molecular weight is 596 g/mol. The summed E-state index contributed by atoms with van der Waals surface area (Å²) in [5.41, 5.74) is 3.17. The molecule has 2 unspecified atom stereocenters. The van der Waals surface area contributed by atoms with Crippen molar-refractivity contribution in [1.29, 1.82) is 0 Å². The summed E-state index contributed by atoms with van der Waals surface area (Å²) in [6.07, 6.45) is 5.43. The Balaban J connectivity index is 1.28. The van der Waals surface area contributed by atoms with Crippen LogP contribution in [0.2, 0.25) is 0 Å². The third-order valence-electron chi connectivity index (χ3n) is 7.58. The fourth-order valence-corrected chi connectivity index (χ4v) is 7.15. The van der Waals surface area contributed by atoms with E-state index in [1.54, 1.807) is 0 Å². The van der Waals surface area contributed by atoms with Gasteiger partial charge in [0.15, 0.2) is 5.79 Å². The van der Waals surface area contributed by atoms with Crippen molar-refractivity contribution in [3.63, 3.8) is 0 Å². The maximum atomic E-state index is 12.9. The Kier molecular flexibility index (Phi) is 8.94. The van der Waals surface area contributed by atoms with E-state index in [9.17, 15) is 9.90 Å². The van der Waals surface area contributed by atoms with Crippen LogP contribution in [0, 0.1) is 5.92 Å². The second-order valence-corrected chi connectivity index (χ2v) is 12.8. The summed E-state index contributed by atoms with van der Waals surface area (Å²) in [7, 11) is 1.45. The third-order valence-corrected chi connectivity index (χ3v) is 9.91. The summed E-state index contributed by atoms with van der Waals surface area (Å²) in [5, 5.41) is 12.3. The molecule has 3 aromatic rings. The van der Waals surface area contributed by atoms with E-state index in [4.69, 9.17) is 9.47 Å². The number of methoxy groups -OCH3 is 1. The van der Waals surface area contributed by atoms with Gasteiger partial charge in [-0.05, 0) is 76.4 Å². The summed E-state index contributed by atoms with van der Waals surface area (Å²) in [5.74, 6) is -1.69. The van der Waals surface area contributed by atoms with Gasteiger partial charge in [0, 0.05) is 33.9 Å². The highest BCUT2D eigenvalue weighted by Crippen LogP contribution is 2.45. The van der Waals surface area contributed by atoms with Crippen molar-refractivity contribution in [2.24, 2.45) is 5.92 Å². The Morgan fingerprint density at radius 2 is 1.74 bits per heavy atom. The number of carbonyl (C=O) groups is 1. The predicted octanol–water partition coefficient (Wildman–Crippen LogP) is 7.84. The second kappa shape index (κ2) is 12.4. The van der Waals surface area contributed by atoms with Gasteiger partial charge in [-0.3, -0.25) is 4.79 Å². The van der Waals surface area contributed by atoms with Crippen LogP contribution < -0.4 is 0 Å². The number of carbonyl (C=O) groups excluding carboxylic acids is 1. The molecule has 0 aromatic heterocycles. The number of esters is 1. The monoisotopic (exact) mass is 594 g/mol. The Hall–Kier alpha value is -2.12. The molecule has 1 N–H and O–H groups in total. The van der Waals surface area contributed by atoms with Gasteiger partial charge < -0.3 is 14.6 Å². The molecule has 4 atom stereocenters. The molecule has 0 bridgehead atoms. The lowest BCUT2D eigenvalue weighted by Gasteiger charge is -2.30. The van der Waals surface area contributed by atoms with Crippen LogP contribution in [0.1, 0.15) is 67.2 Å². The van der Waals surface area contributed by atoms with Crippen LogP contribution in [0.3, 0.4) is 0 Å². The summed E-state index contributed by atoms with van der Waals surface area (Å²) >= 11 is 5.61. The molecule has 0 amide bonds. The number of aliphatic hydroxyl groups is 1. The fraction of sp³-hybridized carbons (Fsp3) is 0.406. The van der Waals surface area contributed by atoms with Crippen molar-refractivity contribution in [1.82, 2.24) is 0 Å². The first kappa shape index (κ1) is 27.4. The Morgan fingerprint density at radius 3 is 2.39 bits per heavy atom. The molecule has 0 saturated heterocycles. The Labute approximate surface area is 238 Å². The third kappa shape index (κ3) is 7.09. The molecule has 2 aliphatic rings. The molecule has 38 heavy (non-hydrogen) atoms. The number of halogens is 1. The number of thioether (sulfide) groups is 1. The van der Waals surface area contributed by atoms with Gasteiger partial charge in [-0.2, -0.15) is 0 Å². The van der Waals surface area contributed by atoms with Crippen molar-refractivity contribution in [3.05, 3.63) is 100 Å². The SMILES string of the molecule is COC(=O)C(C[C@H]1CCC(O)(O[C@@H](Cc2ccccc2)c2ccccc2)C1)c1ccc(SC2CC2)c(Br)c1. The summed E-state index contributed by atoms with van der Waals surface area (Å²) in [6, 6.07) is 26.6. The number of hydrogen-bond acceptors (Lipinski definition) is 5. The highest BCUT2D eigenvalue weighted by atomic mass is 79.9. The standard InChI is InChI=1S/C32H35BrO4S/c1-36-31(34)27(25-12-15-30(28(33)20-25)38-26-13-14-26)18-23-16-17-32(35,21-23)37-29(24-10-6-3-7-11-24)19-22-8-4-2-5-9-22/h2-12,15,20,23,26-27,29,35H,13-14,16-19,21H2,1H3/t23-,27?,29+,32?/m1/s1. The number of rotatable bonds is 11. The molecule has 0 spiro atoms. The summed E-state index contributed by atoms with van der Waals surface area (Å²) < 4.78 is 12.7. The van der Waals surface area contributed by atoms with Gasteiger partial charge in [0.1, 0.15) is 0 Å². The zero-order valence-electron chi connectivity index (χ0n) is 21.7. The van der Waals surface area contributed by atoms with Crippen LogP contribution in [0.25, 0.3) is 0 Å². The van der Waals surface area contributed by atoms with E-state index in [0.29, 0.717) is 30.9 Å². The molecule has 2 saturated carbocycles. The van der Waals surface area contributed by atoms with Gasteiger partial charge in [-0.15, -0.1) is 11.8 Å². The van der Waals surface area contributed by atoms with E-state index in [1.807, 2.05) is 48.2 Å². The number of hydrogen-bond donors (Lipinski definition) is 1. The van der Waals surface area contributed by atoms with E-state index in [0.717, 1.165) is 22.0 Å². The maximum absolute atomic E-state index is 12.9. The van der Waals surface area contributed by atoms with Crippen molar-refractivity contribution in [3.8, 4) is 0 Å². The van der Waals surface area contributed by atoms with Crippen molar-refractivity contribution in [2.75, 3.05) is 7.11 Å². The first-order valence-corrected chi connectivity index (χ1v) is 15.1. The minimum Gasteiger partial charge on any atom is -0.469 e. The van der Waals surface area contributed by atoms with E-state index < -0.39 is 5.79 Å². The van der Waals surface area contributed by atoms with Crippen LogP contribution in [-0.4, -0.2) is 29.2 Å². The van der Waals surface area contributed by atoms with Crippen LogP contribution in [0.4, 0.5) is 0 Å². The molecular weight excluding hydrogens is 560 g/mol. The average Bonchev–Trinajstić information content (AvgIpc) is 3.68. The van der Waals surface area contributed by atoms with Crippen LogP contribution in [0.15, 0.2) is 88.2 Å². The summed E-state index contributed by atoms with van der Waals surface area (Å²) in [4.78, 5) is 14.1. The molecule has 6 heteroatoms. The molecule has 200 valence electrons. The van der Waals surface area contributed by atoms with Gasteiger partial charge >= 0.3 is 5.97 Å². The van der Waals surface area contributed by atoms with Crippen molar-refractivity contribution < 1.29 is 19.4 Å².